The molecule has 1 aliphatic carbocycles. The molecule has 1 fully saturated rings. The van der Waals surface area contributed by atoms with Crippen molar-refractivity contribution in [3.63, 3.8) is 0 Å². The topological polar surface area (TPSA) is 20.3 Å². The van der Waals surface area contributed by atoms with Crippen LogP contribution < -0.4 is 0 Å². The average molecular weight is 221 g/mol. The highest BCUT2D eigenvalue weighted by Gasteiger charge is 2.35. The molecule has 2 atom stereocenters. The van der Waals surface area contributed by atoms with Crippen molar-refractivity contribution < 1.29 is 4.79 Å². The number of amides is 1. The smallest absolute Gasteiger partial charge is 0.223 e. The van der Waals surface area contributed by atoms with Crippen molar-refractivity contribution in [3.05, 3.63) is 12.2 Å². The fourth-order valence-electron chi connectivity index (χ4n) is 2.78. The monoisotopic (exact) mass is 221 g/mol. The molecule has 0 radical (unpaired) electrons. The second kappa shape index (κ2) is 4.23. The number of allylic oxidation sites excluding steroid dienone is 2. The number of carbonyl (C=O) groups is 1. The first-order chi connectivity index (χ1) is 7.46. The highest BCUT2D eigenvalue weighted by molar-refractivity contribution is 5.77. The van der Waals surface area contributed by atoms with Crippen molar-refractivity contribution >= 4 is 5.91 Å². The van der Waals surface area contributed by atoms with Crippen LogP contribution in [0.15, 0.2) is 12.2 Å². The van der Waals surface area contributed by atoms with Gasteiger partial charge >= 0.3 is 0 Å². The number of hydrogen-bond donors (Lipinski definition) is 0. The Balaban J connectivity index is 1.91. The third kappa shape index (κ3) is 2.66. The molecule has 1 aliphatic heterocycles. The minimum atomic E-state index is 0.114. The fraction of sp³-hybridized carbons (Fsp3) is 0.786. The molecule has 2 rings (SSSR count). The highest BCUT2D eigenvalue weighted by Crippen LogP contribution is 2.33. The molecule has 2 aliphatic rings. The van der Waals surface area contributed by atoms with Crippen molar-refractivity contribution in [3.8, 4) is 0 Å². The number of nitrogens with zero attached hydrogens (tertiary/aromatic N) is 1. The van der Waals surface area contributed by atoms with Crippen LogP contribution in [0, 0.1) is 17.3 Å². The van der Waals surface area contributed by atoms with Crippen LogP contribution in [0.25, 0.3) is 0 Å². The largest absolute Gasteiger partial charge is 0.342 e. The van der Waals surface area contributed by atoms with Crippen LogP contribution in [-0.2, 0) is 4.79 Å². The third-order valence-corrected chi connectivity index (χ3v) is 3.66. The molecular formula is C14H23NO. The summed E-state index contributed by atoms with van der Waals surface area (Å²) in [6, 6.07) is 0. The van der Waals surface area contributed by atoms with Crippen molar-refractivity contribution in [1.29, 1.82) is 0 Å². The molecule has 0 bridgehead atoms. The van der Waals surface area contributed by atoms with Gasteiger partial charge < -0.3 is 4.90 Å². The van der Waals surface area contributed by atoms with E-state index in [4.69, 9.17) is 0 Å². The second-order valence-corrected chi connectivity index (χ2v) is 6.50. The average Bonchev–Trinajstić information content (AvgIpc) is 2.58. The van der Waals surface area contributed by atoms with Gasteiger partial charge in [0.15, 0.2) is 0 Å². The maximum absolute atomic E-state index is 12.1. The lowest BCUT2D eigenvalue weighted by Gasteiger charge is -2.23. The summed E-state index contributed by atoms with van der Waals surface area (Å²) in [4.78, 5) is 14.2. The van der Waals surface area contributed by atoms with Gasteiger partial charge in [-0.1, -0.05) is 32.9 Å². The van der Waals surface area contributed by atoms with Crippen LogP contribution in [0.3, 0.4) is 0 Å². The fourth-order valence-corrected chi connectivity index (χ4v) is 2.78. The molecule has 1 amide bonds. The predicted octanol–water partition coefficient (Wildman–Crippen LogP) is 2.85. The van der Waals surface area contributed by atoms with Gasteiger partial charge in [0.2, 0.25) is 5.91 Å². The molecule has 1 heterocycles. The Kier molecular flexibility index (Phi) is 3.09. The van der Waals surface area contributed by atoms with E-state index >= 15 is 0 Å². The minimum absolute atomic E-state index is 0.114. The molecule has 1 saturated heterocycles. The zero-order chi connectivity index (χ0) is 11.8. The van der Waals surface area contributed by atoms with E-state index in [1.165, 1.54) is 12.8 Å². The minimum Gasteiger partial charge on any atom is -0.342 e. The van der Waals surface area contributed by atoms with Gasteiger partial charge in [0.25, 0.3) is 0 Å². The van der Waals surface area contributed by atoms with Gasteiger partial charge in [0.1, 0.15) is 0 Å². The first-order valence-electron chi connectivity index (χ1n) is 6.38. The van der Waals surface area contributed by atoms with E-state index < -0.39 is 0 Å². The van der Waals surface area contributed by atoms with Gasteiger partial charge in [-0.25, -0.2) is 0 Å². The molecule has 2 nitrogen and oxygen atoms in total. The molecule has 2 heteroatoms. The SMILES string of the molecule is CC(C)(C)CC(=O)N1CC2CC=CCC2C1. The summed E-state index contributed by atoms with van der Waals surface area (Å²) < 4.78 is 0. The third-order valence-electron chi connectivity index (χ3n) is 3.66. The molecule has 0 aromatic rings. The number of hydrogen-bond acceptors (Lipinski definition) is 1. The summed E-state index contributed by atoms with van der Waals surface area (Å²) in [6.45, 7) is 8.38. The van der Waals surface area contributed by atoms with Gasteiger partial charge in [-0.05, 0) is 30.1 Å². The van der Waals surface area contributed by atoms with Gasteiger partial charge in [0.05, 0.1) is 0 Å². The molecule has 0 aromatic heterocycles. The van der Waals surface area contributed by atoms with Crippen LogP contribution in [0.1, 0.15) is 40.0 Å². The van der Waals surface area contributed by atoms with Crippen molar-refractivity contribution in [1.82, 2.24) is 4.90 Å². The Labute approximate surface area is 98.7 Å². The summed E-state index contributed by atoms with van der Waals surface area (Å²) in [5.41, 5.74) is 0.114. The lowest BCUT2D eigenvalue weighted by molar-refractivity contribution is -0.132. The first kappa shape index (κ1) is 11.7. The summed E-state index contributed by atoms with van der Waals surface area (Å²) >= 11 is 0. The van der Waals surface area contributed by atoms with E-state index in [9.17, 15) is 4.79 Å². The molecule has 2 unspecified atom stereocenters. The van der Waals surface area contributed by atoms with Crippen LogP contribution >= 0.6 is 0 Å². The number of carbonyl (C=O) groups excluding carboxylic acids is 1. The number of likely N-dealkylation sites (tertiary alicyclic amines) is 1. The van der Waals surface area contributed by atoms with E-state index in [1.54, 1.807) is 0 Å². The molecule has 0 spiro atoms. The standard InChI is InChI=1S/C14H23NO/c1-14(2,3)8-13(16)15-9-11-6-4-5-7-12(11)10-15/h4-5,11-12H,6-10H2,1-3H3. The lowest BCUT2D eigenvalue weighted by Crippen LogP contribution is -2.31. The maximum Gasteiger partial charge on any atom is 0.223 e. The van der Waals surface area contributed by atoms with Crippen molar-refractivity contribution in [2.75, 3.05) is 13.1 Å². The summed E-state index contributed by atoms with van der Waals surface area (Å²) in [6.07, 6.45) is 7.57. The second-order valence-electron chi connectivity index (χ2n) is 6.50. The van der Waals surface area contributed by atoms with E-state index in [0.29, 0.717) is 12.3 Å². The normalized spacial score (nSPS) is 29.3. The Hall–Kier alpha value is -0.790. The van der Waals surface area contributed by atoms with Crippen LogP contribution in [-0.4, -0.2) is 23.9 Å². The van der Waals surface area contributed by atoms with Crippen LogP contribution in [0.2, 0.25) is 0 Å². The van der Waals surface area contributed by atoms with E-state index in [0.717, 1.165) is 24.9 Å². The van der Waals surface area contributed by atoms with Gasteiger partial charge in [-0.3, -0.25) is 4.79 Å². The molecule has 16 heavy (non-hydrogen) atoms. The molecule has 90 valence electrons. The Morgan fingerprint density at radius 2 is 1.69 bits per heavy atom. The zero-order valence-electron chi connectivity index (χ0n) is 10.7. The molecule has 0 N–H and O–H groups in total. The highest BCUT2D eigenvalue weighted by atomic mass is 16.2. The number of fused-ring (bicyclic) bond motifs is 1. The first-order valence-corrected chi connectivity index (χ1v) is 6.38. The van der Waals surface area contributed by atoms with Gasteiger partial charge in [-0.2, -0.15) is 0 Å². The van der Waals surface area contributed by atoms with Crippen LogP contribution in [0.5, 0.6) is 0 Å². The van der Waals surface area contributed by atoms with Gasteiger partial charge in [0, 0.05) is 19.5 Å². The lowest BCUT2D eigenvalue weighted by atomic mass is 9.86. The van der Waals surface area contributed by atoms with E-state index in [1.807, 2.05) is 0 Å². The molecule has 0 aromatic carbocycles. The molecular weight excluding hydrogens is 198 g/mol. The van der Waals surface area contributed by atoms with E-state index in [-0.39, 0.29) is 5.41 Å². The Morgan fingerprint density at radius 3 is 2.12 bits per heavy atom. The summed E-state index contributed by atoms with van der Waals surface area (Å²) in [7, 11) is 0. The Bertz CT molecular complexity index is 284. The number of rotatable bonds is 1. The summed E-state index contributed by atoms with van der Waals surface area (Å²) in [5, 5.41) is 0. The molecule has 0 saturated carbocycles. The quantitative estimate of drug-likeness (QED) is 0.623. The maximum atomic E-state index is 12.1. The van der Waals surface area contributed by atoms with Crippen molar-refractivity contribution in [2.45, 2.75) is 40.0 Å². The van der Waals surface area contributed by atoms with E-state index in [2.05, 4.69) is 37.8 Å². The van der Waals surface area contributed by atoms with Crippen LogP contribution in [0.4, 0.5) is 0 Å². The summed E-state index contributed by atoms with van der Waals surface area (Å²) in [5.74, 6) is 1.81. The Morgan fingerprint density at radius 1 is 1.19 bits per heavy atom. The van der Waals surface area contributed by atoms with Crippen molar-refractivity contribution in [2.24, 2.45) is 17.3 Å². The van der Waals surface area contributed by atoms with Gasteiger partial charge in [-0.15, -0.1) is 0 Å². The predicted molar refractivity (Wildman–Crippen MR) is 66.0 cm³/mol. The zero-order valence-corrected chi connectivity index (χ0v) is 10.7.